The molecule has 17 atom stereocenters. The number of alkyl halides is 2. The first-order chi connectivity index (χ1) is 24.6. The van der Waals surface area contributed by atoms with Crippen molar-refractivity contribution >= 4 is 5.91 Å². The number of nitrogens with one attached hydrogen (secondary N) is 2. The molecule has 23 heteroatoms. The van der Waals surface area contributed by atoms with Crippen molar-refractivity contribution in [1.29, 1.82) is 0 Å². The Morgan fingerprint density at radius 3 is 2.19 bits per heavy atom. The number of nitrogens with two attached hydrogens (primary N) is 5. The Labute approximate surface area is 297 Å². The molecule has 0 bridgehead atoms. The summed E-state index contributed by atoms with van der Waals surface area (Å²) in [5, 5.41) is 77.7. The standard InChI is InChI=1S/C29H53F2N7O14/c30-29(31,9-33)24(45)25(46)38-13-5-12(35)21(50-26-11(34)2-1-10(47-26)7-37-3-4-39)23(17(13)41)52-28-20(44)22(15(8-40)49-28)51-27-16(36)19(43)18(42)14(6-32)48-27/h1,11-24,26-28,37,39-45H,2-9,32-36H2,(H,38,46)/t11-,12+,13-,14+,15-,16-,17+,18-,19-,20-,21-,22-,23-,24?,26-,27-,28+/m1/s1. The van der Waals surface area contributed by atoms with Crippen LogP contribution < -0.4 is 39.3 Å². The van der Waals surface area contributed by atoms with Gasteiger partial charge >= 0.3 is 0 Å². The molecular formula is C29H53F2N7O14. The lowest BCUT2D eigenvalue weighted by Crippen LogP contribution is -2.67. The fourth-order valence-electron chi connectivity index (χ4n) is 6.34. The maximum absolute atomic E-state index is 14.0. The van der Waals surface area contributed by atoms with Gasteiger partial charge < -0.3 is 103 Å². The Balaban J connectivity index is 1.56. The van der Waals surface area contributed by atoms with E-state index in [1.807, 2.05) is 0 Å². The van der Waals surface area contributed by atoms with Crippen LogP contribution in [0, 0.1) is 0 Å². The molecular weight excluding hydrogens is 708 g/mol. The largest absolute Gasteiger partial charge is 0.467 e. The number of halogens is 2. The average molecular weight is 762 g/mol. The summed E-state index contributed by atoms with van der Waals surface area (Å²) in [5.74, 6) is -5.15. The van der Waals surface area contributed by atoms with Crippen LogP contribution >= 0.6 is 0 Å². The quantitative estimate of drug-likeness (QED) is 0.0649. The minimum absolute atomic E-state index is 0.128. The van der Waals surface area contributed by atoms with E-state index in [0.717, 1.165) is 0 Å². The van der Waals surface area contributed by atoms with Gasteiger partial charge in [-0.15, -0.1) is 0 Å². The maximum Gasteiger partial charge on any atom is 0.294 e. The van der Waals surface area contributed by atoms with E-state index in [-0.39, 0.29) is 39.1 Å². The molecule has 19 N–H and O–H groups in total. The highest BCUT2D eigenvalue weighted by atomic mass is 19.3. The highest BCUT2D eigenvalue weighted by molar-refractivity contribution is 5.82. The number of amides is 1. The third-order valence-electron chi connectivity index (χ3n) is 9.42. The summed E-state index contributed by atoms with van der Waals surface area (Å²) >= 11 is 0. The van der Waals surface area contributed by atoms with Gasteiger partial charge in [0.2, 0.25) is 6.29 Å². The Hall–Kier alpha value is -1.85. The number of rotatable bonds is 16. The predicted octanol–water partition coefficient (Wildman–Crippen LogP) is -7.98. The van der Waals surface area contributed by atoms with E-state index in [1.54, 1.807) is 6.08 Å². The molecule has 3 aliphatic heterocycles. The molecule has 1 amide bonds. The van der Waals surface area contributed by atoms with Crippen molar-refractivity contribution in [2.45, 2.75) is 123 Å². The van der Waals surface area contributed by atoms with Gasteiger partial charge in [-0.05, 0) is 18.9 Å². The maximum atomic E-state index is 14.0. The van der Waals surface area contributed by atoms with E-state index in [9.17, 15) is 44.2 Å². The number of hydrogen-bond acceptors (Lipinski definition) is 20. The zero-order valence-electron chi connectivity index (χ0n) is 28.2. The lowest BCUT2D eigenvalue weighted by molar-refractivity contribution is -0.282. The summed E-state index contributed by atoms with van der Waals surface area (Å²) in [5.41, 5.74) is 29.3. The summed E-state index contributed by atoms with van der Waals surface area (Å²) in [6, 6.07) is -4.65. The third kappa shape index (κ3) is 9.68. The fourth-order valence-corrected chi connectivity index (χ4v) is 6.34. The lowest BCUT2D eigenvalue weighted by Gasteiger charge is -2.46. The first-order valence-corrected chi connectivity index (χ1v) is 16.9. The predicted molar refractivity (Wildman–Crippen MR) is 170 cm³/mol. The minimum atomic E-state index is -4.00. The molecule has 4 aliphatic rings. The average Bonchev–Trinajstić information content (AvgIpc) is 3.42. The van der Waals surface area contributed by atoms with Crippen LogP contribution in [0.15, 0.2) is 11.8 Å². The van der Waals surface area contributed by atoms with Crippen LogP contribution in [-0.2, 0) is 33.2 Å². The molecule has 2 saturated heterocycles. The van der Waals surface area contributed by atoms with E-state index < -0.39 is 129 Å². The molecule has 0 aromatic rings. The summed E-state index contributed by atoms with van der Waals surface area (Å²) < 4.78 is 63.3. The van der Waals surface area contributed by atoms with Crippen molar-refractivity contribution in [2.75, 3.05) is 39.4 Å². The van der Waals surface area contributed by atoms with E-state index in [2.05, 4.69) is 10.6 Å². The van der Waals surface area contributed by atoms with E-state index in [1.165, 1.54) is 0 Å². The van der Waals surface area contributed by atoms with Crippen LogP contribution in [0.3, 0.4) is 0 Å². The number of ether oxygens (including phenoxy) is 6. The summed E-state index contributed by atoms with van der Waals surface area (Å²) in [6.07, 6.45) is -18.9. The van der Waals surface area contributed by atoms with Gasteiger partial charge in [-0.2, -0.15) is 0 Å². The smallest absolute Gasteiger partial charge is 0.294 e. The molecule has 4 rings (SSSR count). The monoisotopic (exact) mass is 761 g/mol. The zero-order valence-corrected chi connectivity index (χ0v) is 28.2. The molecule has 1 aliphatic carbocycles. The Bertz CT molecular complexity index is 1190. The minimum Gasteiger partial charge on any atom is -0.467 e. The van der Waals surface area contributed by atoms with Gasteiger partial charge in [0.25, 0.3) is 11.8 Å². The number of carbonyl (C=O) groups is 1. The molecule has 0 radical (unpaired) electrons. The van der Waals surface area contributed by atoms with Crippen LogP contribution in [0.5, 0.6) is 0 Å². The highest BCUT2D eigenvalue weighted by Gasteiger charge is 2.54. The summed E-state index contributed by atoms with van der Waals surface area (Å²) in [6.45, 7) is -1.98. The second-order valence-electron chi connectivity index (χ2n) is 13.2. The van der Waals surface area contributed by atoms with Gasteiger partial charge in [0.1, 0.15) is 60.7 Å². The number of hydrogen-bond donors (Lipinski definition) is 14. The van der Waals surface area contributed by atoms with Crippen molar-refractivity contribution in [3.63, 3.8) is 0 Å². The molecule has 3 heterocycles. The van der Waals surface area contributed by atoms with Gasteiger partial charge in [0.05, 0.1) is 44.4 Å². The van der Waals surface area contributed by atoms with Crippen molar-refractivity contribution in [2.24, 2.45) is 28.7 Å². The van der Waals surface area contributed by atoms with Crippen molar-refractivity contribution in [3.05, 3.63) is 11.8 Å². The zero-order chi connectivity index (χ0) is 38.5. The van der Waals surface area contributed by atoms with E-state index in [0.29, 0.717) is 5.76 Å². The molecule has 52 heavy (non-hydrogen) atoms. The molecule has 21 nitrogen and oxygen atoms in total. The van der Waals surface area contributed by atoms with Crippen molar-refractivity contribution in [1.82, 2.24) is 10.6 Å². The second kappa shape index (κ2) is 18.7. The van der Waals surface area contributed by atoms with Gasteiger partial charge in [-0.1, -0.05) is 0 Å². The van der Waals surface area contributed by atoms with Gasteiger partial charge in [-0.25, -0.2) is 8.78 Å². The molecule has 302 valence electrons. The first kappa shape index (κ1) is 42.9. The van der Waals surface area contributed by atoms with E-state index >= 15 is 0 Å². The first-order valence-electron chi connectivity index (χ1n) is 16.9. The molecule has 0 aromatic heterocycles. The number of aliphatic hydroxyl groups is 7. The Morgan fingerprint density at radius 2 is 1.56 bits per heavy atom. The van der Waals surface area contributed by atoms with Crippen LogP contribution in [-0.4, -0.2) is 191 Å². The molecule has 1 unspecified atom stereocenters. The topological polar surface area (TPSA) is 368 Å². The molecule has 0 spiro atoms. The SMILES string of the molecule is NC[C@@H]1O[C@H](O[C@H]2[C@@H](O)[C@H](O[C@@H]3[C@@H](O)[C@H](NC(=O)C(O)C(F)(F)CN)C[C@H](N)[C@H]3O[C@H]3OC(CNCCO)=CC[C@H]3N)O[C@@H]2CO)[C@H](N)[C@@H](O)[C@@H]1O. The third-order valence-corrected chi connectivity index (χ3v) is 9.42. The molecule has 0 aromatic carbocycles. The number of carbonyl (C=O) groups excluding carboxylic acids is 1. The second-order valence-corrected chi connectivity index (χ2v) is 13.2. The lowest BCUT2D eigenvalue weighted by atomic mass is 9.83. The van der Waals surface area contributed by atoms with Crippen LogP contribution in [0.2, 0.25) is 0 Å². The highest BCUT2D eigenvalue weighted by Crippen LogP contribution is 2.34. The van der Waals surface area contributed by atoms with Gasteiger partial charge in [0, 0.05) is 19.1 Å². The van der Waals surface area contributed by atoms with Crippen molar-refractivity contribution in [3.8, 4) is 0 Å². The van der Waals surface area contributed by atoms with Crippen LogP contribution in [0.1, 0.15) is 12.8 Å². The van der Waals surface area contributed by atoms with Gasteiger partial charge in [-0.3, -0.25) is 4.79 Å². The molecule has 1 saturated carbocycles. The normalized spacial score (nSPS) is 42.0. The van der Waals surface area contributed by atoms with Gasteiger partial charge in [0.15, 0.2) is 18.7 Å². The number of aliphatic hydroxyl groups excluding tert-OH is 7. The Kier molecular flexibility index (Phi) is 15.4. The molecule has 3 fully saturated rings. The Morgan fingerprint density at radius 1 is 0.904 bits per heavy atom. The van der Waals surface area contributed by atoms with E-state index in [4.69, 9.17) is 62.2 Å². The van der Waals surface area contributed by atoms with Crippen molar-refractivity contribution < 1.29 is 77.7 Å². The van der Waals surface area contributed by atoms with Crippen LogP contribution in [0.4, 0.5) is 8.78 Å². The summed E-state index contributed by atoms with van der Waals surface area (Å²) in [4.78, 5) is 12.6. The summed E-state index contributed by atoms with van der Waals surface area (Å²) in [7, 11) is 0. The van der Waals surface area contributed by atoms with Crippen LogP contribution in [0.25, 0.3) is 0 Å². The fraction of sp³-hybridized carbons (Fsp3) is 0.897.